The molecule has 2 aliphatic rings. The minimum Gasteiger partial charge on any atom is -0.372 e. The van der Waals surface area contributed by atoms with E-state index in [4.69, 9.17) is 4.74 Å². The van der Waals surface area contributed by atoms with Crippen molar-refractivity contribution in [3.05, 3.63) is 46.2 Å². The van der Waals surface area contributed by atoms with Gasteiger partial charge in [-0.2, -0.15) is 0 Å². The number of hydrogen-bond acceptors (Lipinski definition) is 4. The number of nitrogens with zero attached hydrogens (tertiary/aromatic N) is 1. The Kier molecular flexibility index (Phi) is 3.63. The van der Waals surface area contributed by atoms with Gasteiger partial charge in [0.25, 0.3) is 0 Å². The molecule has 1 aromatic carbocycles. The molecule has 0 spiro atoms. The molecule has 0 fully saturated rings. The number of hydrogen-bond donors (Lipinski definition) is 1. The molecule has 0 saturated heterocycles. The minimum absolute atomic E-state index is 0.0554. The summed E-state index contributed by atoms with van der Waals surface area (Å²) in [5.74, 6) is -0.253. The number of benzene rings is 1. The summed E-state index contributed by atoms with van der Waals surface area (Å²) in [6.45, 7) is 0.693. The molecule has 4 rings (SSSR count). The van der Waals surface area contributed by atoms with Gasteiger partial charge in [0.15, 0.2) is 0 Å². The highest BCUT2D eigenvalue weighted by Crippen LogP contribution is 2.36. The molecule has 6 heteroatoms. The van der Waals surface area contributed by atoms with Crippen molar-refractivity contribution in [2.75, 3.05) is 23.4 Å². The highest BCUT2D eigenvalue weighted by Gasteiger charge is 2.31. The zero-order chi connectivity index (χ0) is 15.8. The van der Waals surface area contributed by atoms with Crippen LogP contribution < -0.4 is 10.2 Å². The second-order valence-electron chi connectivity index (χ2n) is 5.67. The van der Waals surface area contributed by atoms with Crippen molar-refractivity contribution < 1.29 is 14.3 Å². The van der Waals surface area contributed by atoms with Crippen LogP contribution in [-0.4, -0.2) is 25.0 Å². The van der Waals surface area contributed by atoms with Crippen LogP contribution in [0.15, 0.2) is 35.7 Å². The summed E-state index contributed by atoms with van der Waals surface area (Å²) in [4.78, 5) is 27.3. The van der Waals surface area contributed by atoms with Gasteiger partial charge in [-0.3, -0.25) is 9.59 Å². The van der Waals surface area contributed by atoms with Gasteiger partial charge in [0, 0.05) is 4.88 Å². The van der Waals surface area contributed by atoms with Gasteiger partial charge < -0.3 is 15.0 Å². The molecule has 0 aliphatic carbocycles. The van der Waals surface area contributed by atoms with E-state index in [2.05, 4.69) is 11.4 Å². The Morgan fingerprint density at radius 2 is 2.22 bits per heavy atom. The summed E-state index contributed by atoms with van der Waals surface area (Å²) >= 11 is 1.63. The van der Waals surface area contributed by atoms with Crippen molar-refractivity contribution in [2.45, 2.75) is 18.9 Å². The smallest absolute Gasteiger partial charge is 0.244 e. The summed E-state index contributed by atoms with van der Waals surface area (Å²) in [7, 11) is 0. The van der Waals surface area contributed by atoms with Crippen LogP contribution >= 0.6 is 11.3 Å². The van der Waals surface area contributed by atoms with Gasteiger partial charge in [-0.05, 0) is 35.6 Å². The van der Waals surface area contributed by atoms with Crippen molar-refractivity contribution in [3.8, 4) is 0 Å². The first-order valence-electron chi connectivity index (χ1n) is 7.59. The molecule has 2 aromatic rings. The quantitative estimate of drug-likeness (QED) is 0.922. The van der Waals surface area contributed by atoms with Crippen molar-refractivity contribution in [2.24, 2.45) is 0 Å². The largest absolute Gasteiger partial charge is 0.372 e. The van der Waals surface area contributed by atoms with E-state index >= 15 is 0 Å². The lowest BCUT2D eigenvalue weighted by atomic mass is 10.0. The molecule has 0 radical (unpaired) electrons. The van der Waals surface area contributed by atoms with Crippen LogP contribution in [0.3, 0.4) is 0 Å². The van der Waals surface area contributed by atoms with Crippen LogP contribution in [0.5, 0.6) is 0 Å². The first kappa shape index (κ1) is 14.4. The van der Waals surface area contributed by atoms with Gasteiger partial charge >= 0.3 is 0 Å². The number of rotatable bonds is 2. The summed E-state index contributed by atoms with van der Waals surface area (Å²) in [6, 6.07) is 9.47. The van der Waals surface area contributed by atoms with Gasteiger partial charge in [0.05, 0.1) is 24.4 Å². The monoisotopic (exact) mass is 328 g/mol. The van der Waals surface area contributed by atoms with E-state index in [1.807, 2.05) is 23.6 Å². The van der Waals surface area contributed by atoms with E-state index in [0.29, 0.717) is 12.3 Å². The second kappa shape index (κ2) is 5.79. The number of ether oxygens (including phenoxy) is 1. The molecule has 1 unspecified atom stereocenters. The summed E-state index contributed by atoms with van der Waals surface area (Å²) in [6.07, 6.45) is 0.955. The maximum absolute atomic E-state index is 12.8. The lowest BCUT2D eigenvalue weighted by molar-refractivity contribution is -0.124. The Labute approximate surface area is 137 Å². The predicted molar refractivity (Wildman–Crippen MR) is 88.8 cm³/mol. The molecule has 23 heavy (non-hydrogen) atoms. The normalized spacial score (nSPS) is 19.7. The molecular weight excluding hydrogens is 312 g/mol. The standard InChI is InChI=1S/C17H16N2O3S/c20-15-10-19(13-4-2-1-3-12(13)18-15)16(21)9-14-17-11(5-7-22-14)6-8-23-17/h1-4,6,8,14H,5,7,9-10H2,(H,18,20). The van der Waals surface area contributed by atoms with E-state index in [0.717, 1.165) is 17.0 Å². The molecule has 1 aromatic heterocycles. The third-order valence-corrected chi connectivity index (χ3v) is 5.25. The third-order valence-electron chi connectivity index (χ3n) is 4.20. The first-order chi connectivity index (χ1) is 11.2. The fourth-order valence-corrected chi connectivity index (χ4v) is 4.10. The Hall–Kier alpha value is -2.18. The zero-order valence-corrected chi connectivity index (χ0v) is 13.3. The summed E-state index contributed by atoms with van der Waals surface area (Å²) in [5.41, 5.74) is 2.70. The Morgan fingerprint density at radius 3 is 3.13 bits per heavy atom. The highest BCUT2D eigenvalue weighted by atomic mass is 32.1. The summed E-state index contributed by atoms with van der Waals surface area (Å²) < 4.78 is 5.80. The topological polar surface area (TPSA) is 58.6 Å². The van der Waals surface area contributed by atoms with Crippen LogP contribution in [0.2, 0.25) is 0 Å². The number of thiophene rings is 1. The lowest BCUT2D eigenvalue weighted by Gasteiger charge is -2.31. The Balaban J connectivity index is 1.58. The van der Waals surface area contributed by atoms with Crippen LogP contribution in [0, 0.1) is 0 Å². The first-order valence-corrected chi connectivity index (χ1v) is 8.47. The minimum atomic E-state index is -0.205. The van der Waals surface area contributed by atoms with E-state index in [-0.39, 0.29) is 30.9 Å². The lowest BCUT2D eigenvalue weighted by Crippen LogP contribution is -2.42. The fraction of sp³-hybridized carbons (Fsp3) is 0.294. The van der Waals surface area contributed by atoms with Gasteiger partial charge in [-0.25, -0.2) is 0 Å². The van der Waals surface area contributed by atoms with Gasteiger partial charge in [-0.1, -0.05) is 12.1 Å². The van der Waals surface area contributed by atoms with Crippen molar-refractivity contribution in [3.63, 3.8) is 0 Å². The number of nitrogens with one attached hydrogen (secondary N) is 1. The Bertz CT molecular complexity index is 771. The van der Waals surface area contributed by atoms with Crippen LogP contribution in [0.25, 0.3) is 0 Å². The molecule has 1 atom stereocenters. The van der Waals surface area contributed by atoms with E-state index in [1.54, 1.807) is 22.3 Å². The highest BCUT2D eigenvalue weighted by molar-refractivity contribution is 7.10. The molecule has 5 nitrogen and oxygen atoms in total. The van der Waals surface area contributed by atoms with Gasteiger partial charge in [-0.15, -0.1) is 11.3 Å². The fourth-order valence-electron chi connectivity index (χ4n) is 3.10. The SMILES string of the molecule is O=C1CN(C(=O)CC2OCCc3ccsc32)c2ccccc2N1. The number of fused-ring (bicyclic) bond motifs is 2. The van der Waals surface area contributed by atoms with Crippen molar-refractivity contribution in [1.82, 2.24) is 0 Å². The number of amides is 2. The second-order valence-corrected chi connectivity index (χ2v) is 6.62. The zero-order valence-electron chi connectivity index (χ0n) is 12.5. The number of carbonyl (C=O) groups is 2. The van der Waals surface area contributed by atoms with Crippen LogP contribution in [-0.2, 0) is 20.7 Å². The third kappa shape index (κ3) is 2.64. The maximum atomic E-state index is 12.8. The van der Waals surface area contributed by atoms with Gasteiger partial charge in [0.2, 0.25) is 11.8 Å². The molecule has 0 saturated carbocycles. The average Bonchev–Trinajstić information content (AvgIpc) is 3.03. The van der Waals surface area contributed by atoms with Gasteiger partial charge in [0.1, 0.15) is 12.6 Å². The van der Waals surface area contributed by atoms with E-state index in [1.165, 1.54) is 5.56 Å². The molecule has 118 valence electrons. The van der Waals surface area contributed by atoms with Crippen molar-refractivity contribution >= 4 is 34.5 Å². The van der Waals surface area contributed by atoms with Crippen LogP contribution in [0.4, 0.5) is 11.4 Å². The number of carbonyl (C=O) groups excluding carboxylic acids is 2. The predicted octanol–water partition coefficient (Wildman–Crippen LogP) is 2.74. The molecular formula is C17H16N2O3S. The number of para-hydroxylation sites is 2. The average molecular weight is 328 g/mol. The summed E-state index contributed by atoms with van der Waals surface area (Å²) in [5, 5.41) is 4.84. The van der Waals surface area contributed by atoms with E-state index in [9.17, 15) is 9.59 Å². The Morgan fingerprint density at radius 1 is 1.35 bits per heavy atom. The van der Waals surface area contributed by atoms with E-state index < -0.39 is 0 Å². The number of anilines is 2. The van der Waals surface area contributed by atoms with Crippen molar-refractivity contribution in [1.29, 1.82) is 0 Å². The molecule has 3 heterocycles. The molecule has 0 bridgehead atoms. The maximum Gasteiger partial charge on any atom is 0.244 e. The molecule has 1 N–H and O–H groups in total. The molecule has 2 amide bonds. The van der Waals surface area contributed by atoms with Crippen LogP contribution in [0.1, 0.15) is 23.0 Å². The molecule has 2 aliphatic heterocycles.